The van der Waals surface area contributed by atoms with Crippen molar-refractivity contribution in [3.8, 4) is 23.0 Å². The Morgan fingerprint density at radius 2 is 0.833 bits per heavy atom. The van der Waals surface area contributed by atoms with E-state index in [1.807, 2.05) is 24.3 Å². The van der Waals surface area contributed by atoms with Crippen LogP contribution in [0, 0.1) is 0 Å². The van der Waals surface area contributed by atoms with Crippen LogP contribution in [-0.4, -0.2) is 51.6 Å². The van der Waals surface area contributed by atoms with Crippen LogP contribution in [0.2, 0.25) is 0 Å². The molecule has 0 bridgehead atoms. The molecule has 0 amide bonds. The number of benzene rings is 4. The summed E-state index contributed by atoms with van der Waals surface area (Å²) in [5.74, 6) is 0.903. The predicted octanol–water partition coefficient (Wildman–Crippen LogP) is 10.5. The van der Waals surface area contributed by atoms with Crippen molar-refractivity contribution in [2.45, 2.75) is 77.0 Å². The predicted molar refractivity (Wildman–Crippen MR) is 234 cm³/mol. The third-order valence-electron chi connectivity index (χ3n) is 12.0. The van der Waals surface area contributed by atoms with Gasteiger partial charge in [-0.25, -0.2) is 0 Å². The SMILES string of the molecule is COc1ccc(NC2=C(Cl)C(=O)c3cc4c(cc3C2=O)C(C)(C)CCC4)cc1OC.COc1ccc(NC2=C(Cl)C(=O)c3cc4c(cc3C2=O)CCCC4(C)C)cc1OC. The van der Waals surface area contributed by atoms with Crippen molar-refractivity contribution in [3.05, 3.63) is 127 Å². The highest BCUT2D eigenvalue weighted by molar-refractivity contribution is 6.51. The molecule has 0 radical (unpaired) electrons. The van der Waals surface area contributed by atoms with Crippen LogP contribution in [0.5, 0.6) is 23.0 Å². The lowest BCUT2D eigenvalue weighted by Gasteiger charge is -2.34. The van der Waals surface area contributed by atoms with E-state index in [4.69, 9.17) is 42.1 Å². The third-order valence-corrected chi connectivity index (χ3v) is 12.7. The van der Waals surface area contributed by atoms with Crippen LogP contribution in [-0.2, 0) is 23.7 Å². The summed E-state index contributed by atoms with van der Waals surface area (Å²) in [6.45, 7) is 8.71. The fourth-order valence-electron chi connectivity index (χ4n) is 8.70. The number of halogens is 2. The van der Waals surface area contributed by atoms with Gasteiger partial charge in [-0.3, -0.25) is 19.2 Å². The molecule has 2 N–H and O–H groups in total. The zero-order valence-corrected chi connectivity index (χ0v) is 36.5. The van der Waals surface area contributed by atoms with E-state index in [-0.39, 0.29) is 55.4 Å². The molecule has 0 aromatic heterocycles. The molecule has 10 nitrogen and oxygen atoms in total. The highest BCUT2D eigenvalue weighted by atomic mass is 35.5. The maximum atomic E-state index is 13.3. The van der Waals surface area contributed by atoms with Gasteiger partial charge in [0.25, 0.3) is 0 Å². The second kappa shape index (κ2) is 16.5. The number of aryl methyl sites for hydroxylation is 2. The third kappa shape index (κ3) is 7.67. The number of fused-ring (bicyclic) bond motifs is 4. The van der Waals surface area contributed by atoms with Crippen LogP contribution >= 0.6 is 23.2 Å². The Morgan fingerprint density at radius 3 is 1.22 bits per heavy atom. The zero-order valence-electron chi connectivity index (χ0n) is 35.0. The van der Waals surface area contributed by atoms with Crippen molar-refractivity contribution < 1.29 is 38.1 Å². The Balaban J connectivity index is 0.000000181. The zero-order chi connectivity index (χ0) is 43.3. The normalized spacial score (nSPS) is 17.4. The van der Waals surface area contributed by atoms with E-state index < -0.39 is 0 Å². The largest absolute Gasteiger partial charge is 0.493 e. The molecule has 60 heavy (non-hydrogen) atoms. The number of carbonyl (C=O) groups excluding carboxylic acids is 4. The standard InChI is InChI=1S/2C24H24ClNO4/c1-24(2)9-5-6-13-10-15-16(12-17(13)24)22(27)20(25)21(23(15)28)26-14-7-8-18(29-3)19(11-14)30-4;1-24(2)9-5-6-13-10-15-16(12-17(13)24)23(28)21(20(25)22(15)27)26-14-7-8-18(29-3)19(11-14)30-4/h2*7-8,10-12,26H,5-6,9H2,1-4H3. The van der Waals surface area contributed by atoms with Crippen molar-refractivity contribution in [2.75, 3.05) is 39.1 Å². The number of hydrogen-bond acceptors (Lipinski definition) is 10. The maximum absolute atomic E-state index is 13.3. The molecule has 0 aliphatic heterocycles. The second-order valence-corrected chi connectivity index (χ2v) is 17.4. The number of ether oxygens (including phenoxy) is 4. The molecule has 0 unspecified atom stereocenters. The van der Waals surface area contributed by atoms with Crippen LogP contribution in [0.3, 0.4) is 0 Å². The van der Waals surface area contributed by atoms with Gasteiger partial charge < -0.3 is 29.6 Å². The van der Waals surface area contributed by atoms with Crippen molar-refractivity contribution in [1.29, 1.82) is 0 Å². The maximum Gasteiger partial charge on any atom is 0.211 e. The van der Waals surface area contributed by atoms with Crippen molar-refractivity contribution in [1.82, 2.24) is 0 Å². The molecule has 0 saturated heterocycles. The van der Waals surface area contributed by atoms with E-state index in [9.17, 15) is 19.2 Å². The Labute approximate surface area is 360 Å². The van der Waals surface area contributed by atoms with Gasteiger partial charge >= 0.3 is 0 Å². The summed E-state index contributed by atoms with van der Waals surface area (Å²) in [5, 5.41) is 5.84. The van der Waals surface area contributed by atoms with Gasteiger partial charge in [0.05, 0.1) is 28.4 Å². The molecule has 0 atom stereocenters. The van der Waals surface area contributed by atoms with Gasteiger partial charge in [-0.2, -0.15) is 0 Å². The number of hydrogen-bond donors (Lipinski definition) is 2. The fraction of sp³-hybridized carbons (Fsp3) is 0.333. The number of allylic oxidation sites excluding steroid dienone is 4. The van der Waals surface area contributed by atoms with Crippen molar-refractivity contribution >= 4 is 57.7 Å². The first kappa shape index (κ1) is 42.5. The Morgan fingerprint density at radius 1 is 0.483 bits per heavy atom. The van der Waals surface area contributed by atoms with Crippen LogP contribution < -0.4 is 29.6 Å². The summed E-state index contributed by atoms with van der Waals surface area (Å²) in [5.41, 5.74) is 7.36. The lowest BCUT2D eigenvalue weighted by Crippen LogP contribution is -2.29. The molecule has 0 heterocycles. The number of ketones is 4. The van der Waals surface area contributed by atoms with E-state index >= 15 is 0 Å². The quantitative estimate of drug-likeness (QED) is 0.177. The second-order valence-electron chi connectivity index (χ2n) is 16.7. The Bertz CT molecular complexity index is 2550. The summed E-state index contributed by atoms with van der Waals surface area (Å²) in [7, 11) is 6.16. The molecular formula is C48H48Cl2N2O8. The van der Waals surface area contributed by atoms with E-state index in [2.05, 4.69) is 38.3 Å². The van der Waals surface area contributed by atoms with Crippen molar-refractivity contribution in [2.24, 2.45) is 0 Å². The summed E-state index contributed by atoms with van der Waals surface area (Å²) < 4.78 is 21.1. The van der Waals surface area contributed by atoms with Gasteiger partial charge in [0, 0.05) is 45.8 Å². The molecule has 4 aromatic carbocycles. The molecule has 12 heteroatoms. The number of anilines is 2. The summed E-state index contributed by atoms with van der Waals surface area (Å²) in [6, 6.07) is 17.8. The van der Waals surface area contributed by atoms with E-state index in [0.29, 0.717) is 56.6 Å². The van der Waals surface area contributed by atoms with Gasteiger partial charge in [-0.15, -0.1) is 0 Å². The number of rotatable bonds is 8. The first-order valence-corrected chi connectivity index (χ1v) is 20.6. The van der Waals surface area contributed by atoms with Crippen LogP contribution in [0.15, 0.2) is 82.1 Å². The molecule has 0 spiro atoms. The molecule has 8 rings (SSSR count). The highest BCUT2D eigenvalue weighted by Crippen LogP contribution is 2.43. The highest BCUT2D eigenvalue weighted by Gasteiger charge is 2.38. The molecule has 4 aliphatic rings. The molecule has 0 saturated carbocycles. The van der Waals surface area contributed by atoms with E-state index in [1.54, 1.807) is 50.6 Å². The first-order chi connectivity index (χ1) is 28.5. The smallest absolute Gasteiger partial charge is 0.211 e. The Kier molecular flexibility index (Phi) is 11.7. The van der Waals surface area contributed by atoms with Gasteiger partial charge in [0.2, 0.25) is 23.1 Å². The van der Waals surface area contributed by atoms with Gasteiger partial charge in [0.1, 0.15) is 21.5 Å². The van der Waals surface area contributed by atoms with Crippen molar-refractivity contribution in [3.63, 3.8) is 0 Å². The average molecular weight is 852 g/mol. The summed E-state index contributed by atoms with van der Waals surface area (Å²) in [6.07, 6.45) is 6.05. The lowest BCUT2D eigenvalue weighted by molar-refractivity contribution is 0.0981. The van der Waals surface area contributed by atoms with Crippen LogP contribution in [0.4, 0.5) is 11.4 Å². The van der Waals surface area contributed by atoms with Crippen LogP contribution in [0.1, 0.15) is 117 Å². The molecule has 312 valence electrons. The first-order valence-electron chi connectivity index (χ1n) is 19.8. The van der Waals surface area contributed by atoms with Crippen LogP contribution in [0.25, 0.3) is 0 Å². The minimum atomic E-state index is -0.335. The van der Waals surface area contributed by atoms with E-state index in [0.717, 1.165) is 60.8 Å². The summed E-state index contributed by atoms with van der Waals surface area (Å²) in [4.78, 5) is 52.7. The fourth-order valence-corrected chi connectivity index (χ4v) is 9.17. The molecule has 4 aromatic rings. The van der Waals surface area contributed by atoms with E-state index in [1.165, 1.54) is 14.2 Å². The number of Topliss-reactive ketones (excluding diaryl/α,β-unsaturated/α-hetero) is 4. The lowest BCUT2D eigenvalue weighted by atomic mass is 9.71. The minimum absolute atomic E-state index is 0.0275. The van der Waals surface area contributed by atoms with Gasteiger partial charge in [-0.05, 0) is 120 Å². The minimum Gasteiger partial charge on any atom is -0.493 e. The van der Waals surface area contributed by atoms with Gasteiger partial charge in [-0.1, -0.05) is 50.9 Å². The number of nitrogens with one attached hydrogen (secondary N) is 2. The molecular weight excluding hydrogens is 803 g/mol. The average Bonchev–Trinajstić information content (AvgIpc) is 3.24. The molecule has 0 fully saturated rings. The van der Waals surface area contributed by atoms with Gasteiger partial charge in [0.15, 0.2) is 23.0 Å². The topological polar surface area (TPSA) is 129 Å². The number of methoxy groups -OCH3 is 4. The number of carbonyl (C=O) groups is 4. The Hall–Kier alpha value is -5.58. The summed E-state index contributed by atoms with van der Waals surface area (Å²) >= 11 is 12.8. The monoisotopic (exact) mass is 850 g/mol. The molecule has 4 aliphatic carbocycles.